The van der Waals surface area contributed by atoms with Crippen LogP contribution in [-0.2, 0) is 14.8 Å². The highest BCUT2D eigenvalue weighted by molar-refractivity contribution is 7.89. The van der Waals surface area contributed by atoms with Crippen LogP contribution in [0.2, 0.25) is 15.1 Å². The molecule has 2 aromatic rings. The van der Waals surface area contributed by atoms with Gasteiger partial charge in [-0.2, -0.15) is 0 Å². The molecule has 2 rings (SSSR count). The van der Waals surface area contributed by atoms with E-state index in [9.17, 15) is 13.2 Å². The Morgan fingerprint density at radius 1 is 1.12 bits per heavy atom. The second kappa shape index (κ2) is 7.80. The molecule has 0 bridgehead atoms. The number of carbonyl (C=O) groups excluding carboxylic acids is 1. The lowest BCUT2D eigenvalue weighted by atomic mass is 10.2. The molecule has 10 heteroatoms. The van der Waals surface area contributed by atoms with Gasteiger partial charge < -0.3 is 10.1 Å². The summed E-state index contributed by atoms with van der Waals surface area (Å²) in [4.78, 5) is 11.9. The molecule has 0 spiro atoms. The first-order valence-electron chi connectivity index (χ1n) is 6.78. The third kappa shape index (κ3) is 5.23. The SMILES string of the molecule is Cc1ccc(NC(=O)COc2cc(Cl)c(Cl)cc2Cl)cc1S(N)(=O)=O. The molecule has 0 unspecified atom stereocenters. The molecule has 0 aliphatic carbocycles. The Labute approximate surface area is 159 Å². The van der Waals surface area contributed by atoms with Gasteiger partial charge >= 0.3 is 0 Å². The fraction of sp³-hybridized carbons (Fsp3) is 0.133. The predicted molar refractivity (Wildman–Crippen MR) is 98.1 cm³/mol. The molecular weight excluding hydrogens is 411 g/mol. The Kier molecular flexibility index (Phi) is 6.18. The van der Waals surface area contributed by atoms with Gasteiger partial charge in [0.05, 0.1) is 20.0 Å². The van der Waals surface area contributed by atoms with Crippen LogP contribution in [0.15, 0.2) is 35.2 Å². The van der Waals surface area contributed by atoms with E-state index in [1.165, 1.54) is 24.3 Å². The van der Waals surface area contributed by atoms with Crippen molar-refractivity contribution >= 4 is 56.4 Å². The van der Waals surface area contributed by atoms with Gasteiger partial charge in [0.15, 0.2) is 6.61 Å². The molecule has 0 aliphatic rings. The summed E-state index contributed by atoms with van der Waals surface area (Å²) < 4.78 is 28.3. The van der Waals surface area contributed by atoms with Crippen LogP contribution in [0.4, 0.5) is 5.69 Å². The summed E-state index contributed by atoms with van der Waals surface area (Å²) in [5.74, 6) is -0.327. The van der Waals surface area contributed by atoms with E-state index in [-0.39, 0.29) is 38.0 Å². The molecule has 0 radical (unpaired) electrons. The highest BCUT2D eigenvalue weighted by Gasteiger charge is 2.14. The van der Waals surface area contributed by atoms with E-state index in [1.54, 1.807) is 13.0 Å². The number of anilines is 1. The van der Waals surface area contributed by atoms with Crippen LogP contribution in [0.1, 0.15) is 5.56 Å². The van der Waals surface area contributed by atoms with Crippen molar-refractivity contribution in [1.82, 2.24) is 0 Å². The first kappa shape index (κ1) is 19.8. The molecule has 0 atom stereocenters. The minimum Gasteiger partial charge on any atom is -0.482 e. The Balaban J connectivity index is 2.08. The van der Waals surface area contributed by atoms with Gasteiger partial charge in [0.2, 0.25) is 10.0 Å². The Morgan fingerprint density at radius 3 is 2.40 bits per heavy atom. The number of carbonyl (C=O) groups is 1. The Hall–Kier alpha value is -1.51. The lowest BCUT2D eigenvalue weighted by molar-refractivity contribution is -0.118. The molecule has 1 amide bonds. The maximum Gasteiger partial charge on any atom is 0.262 e. The zero-order valence-corrected chi connectivity index (χ0v) is 15.9. The van der Waals surface area contributed by atoms with Crippen LogP contribution in [0.25, 0.3) is 0 Å². The van der Waals surface area contributed by atoms with Gasteiger partial charge in [0.25, 0.3) is 5.91 Å². The number of hydrogen-bond donors (Lipinski definition) is 2. The average Bonchev–Trinajstić information content (AvgIpc) is 2.50. The van der Waals surface area contributed by atoms with Gasteiger partial charge in [0, 0.05) is 11.8 Å². The molecule has 6 nitrogen and oxygen atoms in total. The number of sulfonamides is 1. The number of nitrogens with one attached hydrogen (secondary N) is 1. The third-order valence-electron chi connectivity index (χ3n) is 3.11. The molecule has 0 saturated carbocycles. The van der Waals surface area contributed by atoms with Crippen molar-refractivity contribution in [3.05, 3.63) is 51.0 Å². The van der Waals surface area contributed by atoms with Crippen LogP contribution in [-0.4, -0.2) is 20.9 Å². The van der Waals surface area contributed by atoms with Gasteiger partial charge in [-0.3, -0.25) is 4.79 Å². The largest absolute Gasteiger partial charge is 0.482 e. The second-order valence-corrected chi connectivity index (χ2v) is 7.81. The fourth-order valence-electron chi connectivity index (χ4n) is 1.94. The van der Waals surface area contributed by atoms with Crippen molar-refractivity contribution in [3.63, 3.8) is 0 Å². The van der Waals surface area contributed by atoms with E-state index in [0.29, 0.717) is 5.56 Å². The van der Waals surface area contributed by atoms with E-state index in [2.05, 4.69) is 5.32 Å². The standard InChI is InChI=1S/C15H13Cl3N2O4S/c1-8-2-3-9(4-14(8)25(19,22)23)20-15(21)7-24-13-6-11(17)10(16)5-12(13)18/h2-6H,7H2,1H3,(H,20,21)(H2,19,22,23). The summed E-state index contributed by atoms with van der Waals surface area (Å²) in [6, 6.07) is 7.15. The van der Waals surface area contributed by atoms with E-state index >= 15 is 0 Å². The van der Waals surface area contributed by atoms with Crippen molar-refractivity contribution in [2.24, 2.45) is 5.14 Å². The molecule has 25 heavy (non-hydrogen) atoms. The normalized spacial score (nSPS) is 11.2. The molecule has 134 valence electrons. The summed E-state index contributed by atoms with van der Waals surface area (Å²) in [5, 5.41) is 8.34. The number of nitrogens with two attached hydrogens (primary N) is 1. The van der Waals surface area contributed by atoms with Gasteiger partial charge in [-0.05, 0) is 30.7 Å². The molecular formula is C15H13Cl3N2O4S. The van der Waals surface area contributed by atoms with Gasteiger partial charge in [0.1, 0.15) is 5.75 Å². The van der Waals surface area contributed by atoms with E-state index in [1.807, 2.05) is 0 Å². The lowest BCUT2D eigenvalue weighted by Gasteiger charge is -2.11. The topological polar surface area (TPSA) is 98.5 Å². The van der Waals surface area contributed by atoms with Crippen LogP contribution in [0, 0.1) is 6.92 Å². The summed E-state index contributed by atoms with van der Waals surface area (Å²) in [5.41, 5.74) is 0.739. The number of hydrogen-bond acceptors (Lipinski definition) is 4. The van der Waals surface area contributed by atoms with Crippen molar-refractivity contribution in [2.45, 2.75) is 11.8 Å². The van der Waals surface area contributed by atoms with Crippen LogP contribution < -0.4 is 15.2 Å². The number of rotatable bonds is 5. The lowest BCUT2D eigenvalue weighted by Crippen LogP contribution is -2.21. The molecule has 2 aromatic carbocycles. The minimum absolute atomic E-state index is 0.0706. The van der Waals surface area contributed by atoms with E-state index in [0.717, 1.165) is 0 Å². The summed E-state index contributed by atoms with van der Waals surface area (Å²) >= 11 is 17.6. The summed E-state index contributed by atoms with van der Waals surface area (Å²) in [6.45, 7) is 1.23. The van der Waals surface area contributed by atoms with Crippen LogP contribution in [0.5, 0.6) is 5.75 Å². The highest BCUT2D eigenvalue weighted by Crippen LogP contribution is 2.33. The first-order chi connectivity index (χ1) is 11.6. The predicted octanol–water partition coefficient (Wildman–Crippen LogP) is 3.62. The smallest absolute Gasteiger partial charge is 0.262 e. The summed E-state index contributed by atoms with van der Waals surface area (Å²) in [7, 11) is -3.89. The van der Waals surface area contributed by atoms with Gasteiger partial charge in [-0.25, -0.2) is 13.6 Å². The number of benzene rings is 2. The summed E-state index contributed by atoms with van der Waals surface area (Å²) in [6.07, 6.45) is 0. The third-order valence-corrected chi connectivity index (χ3v) is 5.18. The Bertz CT molecular complexity index is 933. The zero-order valence-electron chi connectivity index (χ0n) is 12.8. The molecule has 0 heterocycles. The van der Waals surface area contributed by atoms with Crippen LogP contribution in [0.3, 0.4) is 0 Å². The second-order valence-electron chi connectivity index (χ2n) is 5.06. The molecule has 0 fully saturated rings. The number of amides is 1. The maximum atomic E-state index is 12.0. The molecule has 0 aliphatic heterocycles. The zero-order chi connectivity index (χ0) is 18.8. The number of aryl methyl sites for hydroxylation is 1. The number of ether oxygens (including phenoxy) is 1. The van der Waals surface area contributed by atoms with Crippen molar-refractivity contribution in [1.29, 1.82) is 0 Å². The quantitative estimate of drug-likeness (QED) is 0.718. The fourth-order valence-corrected chi connectivity index (χ4v) is 3.34. The van der Waals surface area contributed by atoms with Crippen molar-refractivity contribution in [3.8, 4) is 5.75 Å². The van der Waals surface area contributed by atoms with Gasteiger partial charge in [-0.1, -0.05) is 40.9 Å². The highest BCUT2D eigenvalue weighted by atomic mass is 35.5. The number of primary sulfonamides is 1. The Morgan fingerprint density at radius 2 is 1.76 bits per heavy atom. The maximum absolute atomic E-state index is 12.0. The minimum atomic E-state index is -3.89. The van der Waals surface area contributed by atoms with Crippen molar-refractivity contribution in [2.75, 3.05) is 11.9 Å². The van der Waals surface area contributed by atoms with E-state index in [4.69, 9.17) is 44.7 Å². The first-order valence-corrected chi connectivity index (χ1v) is 9.46. The number of halogens is 3. The molecule has 0 aromatic heterocycles. The monoisotopic (exact) mass is 422 g/mol. The molecule has 0 saturated heterocycles. The van der Waals surface area contributed by atoms with Crippen LogP contribution >= 0.6 is 34.8 Å². The molecule has 3 N–H and O–H groups in total. The van der Waals surface area contributed by atoms with Crippen molar-refractivity contribution < 1.29 is 17.9 Å². The average molecular weight is 424 g/mol. The van der Waals surface area contributed by atoms with Gasteiger partial charge in [-0.15, -0.1) is 0 Å². The van der Waals surface area contributed by atoms with E-state index < -0.39 is 15.9 Å².